The Bertz CT molecular complexity index is 1880. The maximum Gasteiger partial charge on any atom is 0.337 e. The van der Waals surface area contributed by atoms with Crippen LogP contribution in [0.15, 0.2) is 78.0 Å². The maximum atomic E-state index is 13.0. The molecular weight excluding hydrogens is 558 g/mol. The van der Waals surface area contributed by atoms with Gasteiger partial charge in [-0.2, -0.15) is 0 Å². The van der Waals surface area contributed by atoms with Crippen LogP contribution in [0.2, 0.25) is 0 Å². The van der Waals surface area contributed by atoms with E-state index in [2.05, 4.69) is 31.8 Å². The monoisotopic (exact) mass is 591 g/mol. The predicted octanol–water partition coefficient (Wildman–Crippen LogP) is 3.98. The molecule has 0 aliphatic carbocycles. The minimum atomic E-state index is -0.475. The highest BCUT2D eigenvalue weighted by atomic mass is 16.5. The number of hydrogen-bond donors (Lipinski definition) is 2. The van der Waals surface area contributed by atoms with Crippen molar-refractivity contribution in [3.8, 4) is 5.88 Å². The smallest absolute Gasteiger partial charge is 0.337 e. The number of piperazine rings is 1. The van der Waals surface area contributed by atoms with Crippen molar-refractivity contribution < 1.29 is 19.4 Å². The molecule has 5 aromatic rings. The van der Waals surface area contributed by atoms with Crippen LogP contribution in [0.1, 0.15) is 21.5 Å². The summed E-state index contributed by atoms with van der Waals surface area (Å²) in [6.45, 7) is 4.02. The second kappa shape index (κ2) is 12.2. The Hall–Kier alpha value is -5.13. The lowest BCUT2D eigenvalue weighted by Crippen LogP contribution is -2.48. The summed E-state index contributed by atoms with van der Waals surface area (Å²) >= 11 is 0. The number of nitrogens with one attached hydrogen (secondary N) is 1. The number of benzene rings is 3. The molecule has 0 radical (unpaired) electrons. The van der Waals surface area contributed by atoms with E-state index in [1.807, 2.05) is 42.5 Å². The van der Waals surface area contributed by atoms with Crippen LogP contribution in [0.25, 0.3) is 21.9 Å². The molecular formula is C33H33N7O4. The number of fused-ring (bicyclic) bond motifs is 2. The Morgan fingerprint density at radius 3 is 2.39 bits per heavy atom. The maximum absolute atomic E-state index is 13.0. The topological polar surface area (TPSA) is 127 Å². The van der Waals surface area contributed by atoms with E-state index in [-0.39, 0.29) is 11.8 Å². The van der Waals surface area contributed by atoms with Gasteiger partial charge in [-0.25, -0.2) is 9.79 Å². The molecule has 6 rings (SSSR count). The van der Waals surface area contributed by atoms with E-state index >= 15 is 0 Å². The molecule has 1 aliphatic rings. The lowest BCUT2D eigenvalue weighted by Gasteiger charge is -2.32. The summed E-state index contributed by atoms with van der Waals surface area (Å²) < 4.78 is 4.86. The quantitative estimate of drug-likeness (QED) is 0.215. The van der Waals surface area contributed by atoms with Gasteiger partial charge in [-0.1, -0.05) is 12.1 Å². The van der Waals surface area contributed by atoms with Crippen LogP contribution >= 0.6 is 0 Å². The Kier molecular flexibility index (Phi) is 8.05. The molecule has 0 bridgehead atoms. The van der Waals surface area contributed by atoms with E-state index in [1.165, 1.54) is 7.11 Å². The summed E-state index contributed by atoms with van der Waals surface area (Å²) in [6, 6.07) is 18.1. The van der Waals surface area contributed by atoms with Crippen LogP contribution < -0.4 is 4.90 Å². The number of methoxy groups -OCH3 is 1. The van der Waals surface area contributed by atoms with Crippen LogP contribution in [-0.4, -0.2) is 101 Å². The lowest BCUT2D eigenvalue weighted by molar-refractivity contribution is -0.119. The minimum absolute atomic E-state index is 0.0267. The molecule has 1 fully saturated rings. The molecule has 44 heavy (non-hydrogen) atoms. The first kappa shape index (κ1) is 29.0. The molecule has 3 heterocycles. The largest absolute Gasteiger partial charge is 0.494 e. The summed E-state index contributed by atoms with van der Waals surface area (Å²) in [5, 5.41) is 11.8. The van der Waals surface area contributed by atoms with Crippen molar-refractivity contribution in [2.75, 3.05) is 58.8 Å². The van der Waals surface area contributed by atoms with Gasteiger partial charge in [0.1, 0.15) is 0 Å². The predicted molar refractivity (Wildman–Crippen MR) is 170 cm³/mol. The molecule has 11 nitrogen and oxygen atoms in total. The van der Waals surface area contributed by atoms with Crippen molar-refractivity contribution in [3.05, 3.63) is 89.7 Å². The first-order valence-electron chi connectivity index (χ1n) is 14.3. The number of aromatic nitrogens is 3. The van der Waals surface area contributed by atoms with Gasteiger partial charge in [0.05, 0.1) is 47.2 Å². The number of likely N-dealkylation sites (N-methyl/N-ethyl adjacent to an activating group) is 2. The third kappa shape index (κ3) is 5.87. The number of aliphatic imine (C=N–C) groups is 1. The second-order valence-corrected chi connectivity index (χ2v) is 10.9. The zero-order chi connectivity index (χ0) is 30.8. The van der Waals surface area contributed by atoms with Crippen LogP contribution in [0.3, 0.4) is 0 Å². The average Bonchev–Trinajstić information content (AvgIpc) is 3.38. The number of rotatable bonds is 7. The standard InChI is InChI=1S/C33H33N7O4/c1-38-14-16-40(17-15-38)20-29(41)39(2)24-8-6-23(7-9-24)36-31(21-5-11-26-28(18-21)35-13-12-34-26)30-25-10-4-22(33(43)44-3)19-27(25)37-32(30)42/h4-13,18-19,37,42H,14-17,20H2,1-3H3. The normalized spacial score (nSPS) is 14.7. The van der Waals surface area contributed by atoms with Crippen LogP contribution in [0.5, 0.6) is 5.88 Å². The Morgan fingerprint density at radius 2 is 1.66 bits per heavy atom. The summed E-state index contributed by atoms with van der Waals surface area (Å²) in [6.07, 6.45) is 3.26. The van der Waals surface area contributed by atoms with Crippen molar-refractivity contribution in [1.29, 1.82) is 0 Å². The number of H-pyrrole nitrogens is 1. The van der Waals surface area contributed by atoms with Crippen LogP contribution in [-0.2, 0) is 9.53 Å². The number of nitrogens with zero attached hydrogens (tertiary/aromatic N) is 6. The zero-order valence-corrected chi connectivity index (χ0v) is 24.8. The van der Waals surface area contributed by atoms with Crippen molar-refractivity contribution in [2.24, 2.45) is 4.99 Å². The number of carbonyl (C=O) groups is 2. The van der Waals surface area contributed by atoms with Gasteiger partial charge in [0.25, 0.3) is 0 Å². The Labute approximate surface area is 254 Å². The number of aromatic amines is 1. The molecule has 2 N–H and O–H groups in total. The first-order chi connectivity index (χ1) is 21.3. The third-order valence-electron chi connectivity index (χ3n) is 7.99. The number of anilines is 1. The van der Waals surface area contributed by atoms with Crippen molar-refractivity contribution in [3.63, 3.8) is 0 Å². The van der Waals surface area contributed by atoms with Gasteiger partial charge in [-0.05, 0) is 55.6 Å². The van der Waals surface area contributed by atoms with E-state index in [9.17, 15) is 14.7 Å². The van der Waals surface area contributed by atoms with Crippen molar-refractivity contribution in [1.82, 2.24) is 24.8 Å². The number of carbonyl (C=O) groups excluding carboxylic acids is 2. The fourth-order valence-corrected chi connectivity index (χ4v) is 5.37. The van der Waals surface area contributed by atoms with Gasteiger partial charge in [0.15, 0.2) is 5.88 Å². The van der Waals surface area contributed by atoms with E-state index in [0.717, 1.165) is 42.9 Å². The molecule has 0 atom stereocenters. The molecule has 2 aromatic heterocycles. The summed E-state index contributed by atoms with van der Waals surface area (Å²) in [5.41, 5.74) is 5.41. The van der Waals surface area contributed by atoms with E-state index in [0.29, 0.717) is 45.5 Å². The molecule has 11 heteroatoms. The van der Waals surface area contributed by atoms with Gasteiger partial charge in [-0.3, -0.25) is 19.7 Å². The molecule has 0 unspecified atom stereocenters. The second-order valence-electron chi connectivity index (χ2n) is 10.9. The highest BCUT2D eigenvalue weighted by Crippen LogP contribution is 2.33. The molecule has 1 aliphatic heterocycles. The minimum Gasteiger partial charge on any atom is -0.494 e. The third-order valence-corrected chi connectivity index (χ3v) is 7.99. The number of esters is 1. The van der Waals surface area contributed by atoms with Gasteiger partial charge in [0.2, 0.25) is 5.91 Å². The highest BCUT2D eigenvalue weighted by Gasteiger charge is 2.22. The number of amides is 1. The molecule has 3 aromatic carbocycles. The van der Waals surface area contributed by atoms with Crippen molar-refractivity contribution in [2.45, 2.75) is 0 Å². The van der Waals surface area contributed by atoms with Crippen LogP contribution in [0, 0.1) is 0 Å². The number of ether oxygens (including phenoxy) is 1. The first-order valence-corrected chi connectivity index (χ1v) is 14.3. The van der Waals surface area contributed by atoms with Gasteiger partial charge >= 0.3 is 5.97 Å². The molecule has 1 amide bonds. The fraction of sp³-hybridized carbons (Fsp3) is 0.242. The summed E-state index contributed by atoms with van der Waals surface area (Å²) in [4.78, 5) is 48.1. The SMILES string of the molecule is COC(=O)c1ccc2c(C(=Nc3ccc(N(C)C(=O)CN4CCN(C)CC4)cc3)c3ccc4nccnc4c3)c(O)[nH]c2c1. The number of aromatic hydroxyl groups is 1. The zero-order valence-electron chi connectivity index (χ0n) is 24.8. The molecule has 1 saturated heterocycles. The van der Waals surface area contributed by atoms with Gasteiger partial charge in [-0.15, -0.1) is 0 Å². The van der Waals surface area contributed by atoms with E-state index in [4.69, 9.17) is 9.73 Å². The lowest BCUT2D eigenvalue weighted by atomic mass is 9.99. The summed E-state index contributed by atoms with van der Waals surface area (Å²) in [7, 11) is 5.20. The van der Waals surface area contributed by atoms with Crippen LogP contribution in [0.4, 0.5) is 11.4 Å². The average molecular weight is 592 g/mol. The number of hydrogen-bond acceptors (Lipinski definition) is 9. The molecule has 0 spiro atoms. The van der Waals surface area contributed by atoms with Crippen molar-refractivity contribution >= 4 is 50.9 Å². The van der Waals surface area contributed by atoms with Gasteiger partial charge in [0, 0.05) is 67.8 Å². The Morgan fingerprint density at radius 1 is 0.955 bits per heavy atom. The highest BCUT2D eigenvalue weighted by molar-refractivity contribution is 6.22. The summed E-state index contributed by atoms with van der Waals surface area (Å²) in [5.74, 6) is -0.540. The van der Waals surface area contributed by atoms with E-state index < -0.39 is 5.97 Å². The van der Waals surface area contributed by atoms with Gasteiger partial charge < -0.3 is 24.6 Å². The van der Waals surface area contributed by atoms with E-state index in [1.54, 1.807) is 42.5 Å². The molecule has 224 valence electrons. The molecule has 0 saturated carbocycles. The Balaban J connectivity index is 1.36. The fourth-order valence-electron chi connectivity index (χ4n) is 5.37.